The molecule has 2 aromatic carbocycles. The largest absolute Gasteiger partial charge is 0.479 e. The summed E-state index contributed by atoms with van der Waals surface area (Å²) in [6.07, 6.45) is -0.464. The maximum atomic E-state index is 11.5. The van der Waals surface area contributed by atoms with E-state index in [0.717, 1.165) is 16.8 Å². The zero-order chi connectivity index (χ0) is 13.4. The quantitative estimate of drug-likeness (QED) is 0.769. The molecule has 1 atom stereocenters. The van der Waals surface area contributed by atoms with E-state index in [4.69, 9.17) is 10.5 Å². The summed E-state index contributed by atoms with van der Waals surface area (Å²) in [7, 11) is 0. The van der Waals surface area contributed by atoms with Crippen molar-refractivity contribution in [2.24, 2.45) is 0 Å². The molecule has 1 amide bonds. The minimum absolute atomic E-state index is 0.118. The highest BCUT2D eigenvalue weighted by Crippen LogP contribution is 2.34. The third kappa shape index (κ3) is 2.12. The van der Waals surface area contributed by atoms with Gasteiger partial charge in [0.1, 0.15) is 5.75 Å². The van der Waals surface area contributed by atoms with E-state index >= 15 is 0 Å². The van der Waals surface area contributed by atoms with Crippen LogP contribution in [0.5, 0.6) is 5.75 Å². The number of nitrogen functional groups attached to an aromatic ring is 1. The van der Waals surface area contributed by atoms with Crippen LogP contribution in [-0.2, 0) is 4.79 Å². The van der Waals surface area contributed by atoms with Crippen molar-refractivity contribution in [2.75, 3.05) is 11.1 Å². The average molecular weight is 254 g/mol. The predicted molar refractivity (Wildman–Crippen MR) is 75.0 cm³/mol. The second-order valence-electron chi connectivity index (χ2n) is 4.58. The van der Waals surface area contributed by atoms with Gasteiger partial charge >= 0.3 is 0 Å². The number of carbonyl (C=O) groups excluding carboxylic acids is 1. The molecule has 4 nitrogen and oxygen atoms in total. The molecule has 4 heteroatoms. The number of ether oxygens (including phenoxy) is 1. The Morgan fingerprint density at radius 1 is 1.11 bits per heavy atom. The van der Waals surface area contributed by atoms with Crippen molar-refractivity contribution in [1.82, 2.24) is 0 Å². The fraction of sp³-hybridized carbons (Fsp3) is 0.133. The van der Waals surface area contributed by atoms with Gasteiger partial charge in [-0.3, -0.25) is 4.79 Å². The van der Waals surface area contributed by atoms with E-state index in [1.165, 1.54) is 0 Å². The SMILES string of the molecule is CC1Oc2cc(-c3ccc(N)cc3)ccc2NC1=O. The van der Waals surface area contributed by atoms with Crippen molar-refractivity contribution in [3.63, 3.8) is 0 Å². The van der Waals surface area contributed by atoms with E-state index in [1.807, 2.05) is 42.5 Å². The summed E-state index contributed by atoms with van der Waals surface area (Å²) in [5.41, 5.74) is 9.21. The Morgan fingerprint density at radius 3 is 2.53 bits per heavy atom. The van der Waals surface area contributed by atoms with E-state index in [9.17, 15) is 4.79 Å². The number of rotatable bonds is 1. The molecule has 0 radical (unpaired) electrons. The Morgan fingerprint density at radius 2 is 1.79 bits per heavy atom. The van der Waals surface area contributed by atoms with Gasteiger partial charge in [-0.25, -0.2) is 0 Å². The molecule has 0 saturated heterocycles. The van der Waals surface area contributed by atoms with E-state index in [0.29, 0.717) is 11.4 Å². The van der Waals surface area contributed by atoms with Crippen molar-refractivity contribution < 1.29 is 9.53 Å². The highest BCUT2D eigenvalue weighted by molar-refractivity contribution is 5.97. The van der Waals surface area contributed by atoms with Crippen LogP contribution in [0.2, 0.25) is 0 Å². The van der Waals surface area contributed by atoms with Gasteiger partial charge in [0.25, 0.3) is 5.91 Å². The summed E-state index contributed by atoms with van der Waals surface area (Å²) in [6, 6.07) is 13.4. The first-order valence-electron chi connectivity index (χ1n) is 6.11. The van der Waals surface area contributed by atoms with Gasteiger partial charge in [0.2, 0.25) is 0 Å². The average Bonchev–Trinajstić information content (AvgIpc) is 2.40. The summed E-state index contributed by atoms with van der Waals surface area (Å²) in [6.45, 7) is 1.73. The third-order valence-corrected chi connectivity index (χ3v) is 3.16. The number of benzene rings is 2. The molecular formula is C15H14N2O2. The van der Waals surface area contributed by atoms with Crippen LogP contribution in [0.3, 0.4) is 0 Å². The third-order valence-electron chi connectivity index (χ3n) is 3.16. The van der Waals surface area contributed by atoms with Crippen molar-refractivity contribution in [2.45, 2.75) is 13.0 Å². The molecule has 0 bridgehead atoms. The highest BCUT2D eigenvalue weighted by Gasteiger charge is 2.23. The van der Waals surface area contributed by atoms with Gasteiger partial charge in [0, 0.05) is 5.69 Å². The maximum Gasteiger partial charge on any atom is 0.265 e. The molecule has 1 aliphatic rings. The molecule has 19 heavy (non-hydrogen) atoms. The van der Waals surface area contributed by atoms with Crippen LogP contribution >= 0.6 is 0 Å². The summed E-state index contributed by atoms with van der Waals surface area (Å²) < 4.78 is 5.59. The molecule has 0 spiro atoms. The molecule has 3 rings (SSSR count). The zero-order valence-corrected chi connectivity index (χ0v) is 10.5. The smallest absolute Gasteiger partial charge is 0.265 e. The van der Waals surface area contributed by atoms with Crippen LogP contribution in [-0.4, -0.2) is 12.0 Å². The van der Waals surface area contributed by atoms with Crippen molar-refractivity contribution in [1.29, 1.82) is 0 Å². The standard InChI is InChI=1S/C15H14N2O2/c1-9-15(18)17-13-7-4-11(8-14(13)19-9)10-2-5-12(16)6-3-10/h2-9H,16H2,1H3,(H,17,18). The van der Waals surface area contributed by atoms with Gasteiger partial charge in [0.05, 0.1) is 5.69 Å². The fourth-order valence-corrected chi connectivity index (χ4v) is 2.06. The number of amides is 1. The molecule has 0 aromatic heterocycles. The van der Waals surface area contributed by atoms with Gasteiger partial charge in [-0.1, -0.05) is 18.2 Å². The van der Waals surface area contributed by atoms with Crippen LogP contribution in [0.1, 0.15) is 6.92 Å². The van der Waals surface area contributed by atoms with Crippen LogP contribution in [0, 0.1) is 0 Å². The van der Waals surface area contributed by atoms with Crippen molar-refractivity contribution >= 4 is 17.3 Å². The minimum Gasteiger partial charge on any atom is -0.479 e. The first-order valence-corrected chi connectivity index (χ1v) is 6.11. The van der Waals surface area contributed by atoms with Gasteiger partial charge in [-0.05, 0) is 42.3 Å². The Kier molecular flexibility index (Phi) is 2.63. The number of nitrogens with two attached hydrogens (primary N) is 1. The first-order chi connectivity index (χ1) is 9.13. The van der Waals surface area contributed by atoms with E-state index < -0.39 is 6.10 Å². The van der Waals surface area contributed by atoms with Gasteiger partial charge in [-0.2, -0.15) is 0 Å². The molecule has 3 N–H and O–H groups in total. The molecule has 96 valence electrons. The topological polar surface area (TPSA) is 64.3 Å². The number of carbonyl (C=O) groups is 1. The predicted octanol–water partition coefficient (Wildman–Crippen LogP) is 2.66. The minimum atomic E-state index is -0.464. The number of fused-ring (bicyclic) bond motifs is 1. The highest BCUT2D eigenvalue weighted by atomic mass is 16.5. The summed E-state index contributed by atoms with van der Waals surface area (Å²) in [4.78, 5) is 11.5. The maximum absolute atomic E-state index is 11.5. The lowest BCUT2D eigenvalue weighted by atomic mass is 10.0. The van der Waals surface area contributed by atoms with E-state index in [1.54, 1.807) is 6.92 Å². The molecule has 1 unspecified atom stereocenters. The Hall–Kier alpha value is -2.49. The monoisotopic (exact) mass is 254 g/mol. The zero-order valence-electron chi connectivity index (χ0n) is 10.5. The molecule has 1 heterocycles. The number of hydrogen-bond acceptors (Lipinski definition) is 3. The van der Waals surface area contributed by atoms with Crippen LogP contribution in [0.15, 0.2) is 42.5 Å². The lowest BCUT2D eigenvalue weighted by Crippen LogP contribution is -2.34. The van der Waals surface area contributed by atoms with Gasteiger partial charge in [0.15, 0.2) is 6.10 Å². The molecule has 2 aromatic rings. The first kappa shape index (κ1) is 11.6. The molecule has 0 saturated carbocycles. The number of nitrogens with one attached hydrogen (secondary N) is 1. The molecule has 0 fully saturated rings. The van der Waals surface area contributed by atoms with Crippen LogP contribution < -0.4 is 15.8 Å². The second kappa shape index (κ2) is 4.31. The van der Waals surface area contributed by atoms with Gasteiger partial charge in [-0.15, -0.1) is 0 Å². The molecule has 0 aliphatic carbocycles. The van der Waals surface area contributed by atoms with Crippen LogP contribution in [0.25, 0.3) is 11.1 Å². The summed E-state index contributed by atoms with van der Waals surface area (Å²) in [5.74, 6) is 0.578. The second-order valence-corrected chi connectivity index (χ2v) is 4.58. The van der Waals surface area contributed by atoms with Crippen LogP contribution in [0.4, 0.5) is 11.4 Å². The fourth-order valence-electron chi connectivity index (χ4n) is 2.06. The summed E-state index contributed by atoms with van der Waals surface area (Å²) >= 11 is 0. The van der Waals surface area contributed by atoms with Crippen molar-refractivity contribution in [3.8, 4) is 16.9 Å². The Bertz CT molecular complexity index is 635. The Labute approximate surface area is 111 Å². The molecular weight excluding hydrogens is 240 g/mol. The number of anilines is 2. The lowest BCUT2D eigenvalue weighted by molar-refractivity contribution is -0.122. The lowest BCUT2D eigenvalue weighted by Gasteiger charge is -2.23. The number of hydrogen-bond donors (Lipinski definition) is 2. The van der Waals surface area contributed by atoms with Crippen molar-refractivity contribution in [3.05, 3.63) is 42.5 Å². The normalized spacial score (nSPS) is 17.3. The van der Waals surface area contributed by atoms with Gasteiger partial charge < -0.3 is 15.8 Å². The summed E-state index contributed by atoms with van der Waals surface area (Å²) in [5, 5.41) is 2.81. The molecule has 1 aliphatic heterocycles. The van der Waals surface area contributed by atoms with E-state index in [-0.39, 0.29) is 5.91 Å². The van der Waals surface area contributed by atoms with E-state index in [2.05, 4.69) is 5.32 Å². The Balaban J connectivity index is 2.00.